The molecule has 13 heavy (non-hydrogen) atoms. The summed E-state index contributed by atoms with van der Waals surface area (Å²) in [5.41, 5.74) is 7.41. The third kappa shape index (κ3) is 1.10. The molecule has 72 valence electrons. The van der Waals surface area contributed by atoms with Crippen LogP contribution < -0.4 is 5.73 Å². The number of hydrogen-bond donors (Lipinski definition) is 1. The monoisotopic (exact) mass is 179 g/mol. The molecule has 0 aromatic carbocycles. The van der Waals surface area contributed by atoms with Crippen molar-refractivity contribution in [2.45, 2.75) is 19.8 Å². The number of imidazole rings is 1. The van der Waals surface area contributed by atoms with E-state index in [2.05, 4.69) is 23.4 Å². The molecule has 1 aromatic rings. The number of aryl methyl sites for hydroxylation is 1. The minimum atomic E-state index is 0.364. The largest absolute Gasteiger partial charge is 0.337 e. The zero-order chi connectivity index (χ0) is 9.64. The van der Waals surface area contributed by atoms with Crippen molar-refractivity contribution in [1.29, 1.82) is 0 Å². The Kier molecular flexibility index (Phi) is 1.74. The van der Waals surface area contributed by atoms with Gasteiger partial charge >= 0.3 is 0 Å². The Bertz CT molecular complexity index is 314. The van der Waals surface area contributed by atoms with Crippen molar-refractivity contribution in [2.24, 2.45) is 24.1 Å². The minimum Gasteiger partial charge on any atom is -0.337 e. The summed E-state index contributed by atoms with van der Waals surface area (Å²) < 4.78 is 2.10. The maximum Gasteiger partial charge on any atom is 0.0945 e. The Morgan fingerprint density at radius 1 is 1.62 bits per heavy atom. The lowest BCUT2D eigenvalue weighted by molar-refractivity contribution is 0.555. The van der Waals surface area contributed by atoms with E-state index < -0.39 is 0 Å². The number of rotatable bonds is 2. The third-order valence-electron chi connectivity index (χ3n) is 3.48. The maximum atomic E-state index is 5.73. The van der Waals surface area contributed by atoms with Crippen molar-refractivity contribution >= 4 is 0 Å². The van der Waals surface area contributed by atoms with Crippen LogP contribution in [0.4, 0.5) is 0 Å². The second-order valence-corrected chi connectivity index (χ2v) is 4.57. The van der Waals surface area contributed by atoms with Gasteiger partial charge in [0.25, 0.3) is 0 Å². The molecule has 1 aliphatic rings. The molecule has 3 nitrogen and oxygen atoms in total. The number of nitrogens with zero attached hydrogens (tertiary/aromatic N) is 2. The van der Waals surface area contributed by atoms with E-state index in [-0.39, 0.29) is 0 Å². The van der Waals surface area contributed by atoms with Gasteiger partial charge in [-0.15, -0.1) is 0 Å². The lowest BCUT2D eigenvalue weighted by Gasteiger charge is -2.02. The first-order valence-electron chi connectivity index (χ1n) is 4.75. The minimum absolute atomic E-state index is 0.364. The number of nitrogens with two attached hydrogens (primary N) is 1. The highest BCUT2D eigenvalue weighted by Crippen LogP contribution is 2.63. The van der Waals surface area contributed by atoms with Crippen LogP contribution in [0.15, 0.2) is 12.5 Å². The van der Waals surface area contributed by atoms with E-state index in [9.17, 15) is 0 Å². The van der Waals surface area contributed by atoms with Crippen LogP contribution >= 0.6 is 0 Å². The van der Waals surface area contributed by atoms with Crippen molar-refractivity contribution in [2.75, 3.05) is 6.54 Å². The standard InChI is InChI=1S/C10H17N3/c1-10(2)7(4-11)9(10)8-5-12-6-13(8)3/h5-7,9H,4,11H2,1-3H3/t7-,9+/m0/s1. The Balaban J connectivity index is 2.26. The van der Waals surface area contributed by atoms with E-state index in [0.717, 1.165) is 6.54 Å². The molecule has 2 rings (SSSR count). The second-order valence-electron chi connectivity index (χ2n) is 4.57. The normalized spacial score (nSPS) is 30.5. The summed E-state index contributed by atoms with van der Waals surface area (Å²) >= 11 is 0. The molecule has 1 saturated carbocycles. The second kappa shape index (κ2) is 2.58. The molecule has 0 aliphatic heterocycles. The van der Waals surface area contributed by atoms with Crippen molar-refractivity contribution in [3.05, 3.63) is 18.2 Å². The van der Waals surface area contributed by atoms with Crippen LogP contribution in [0.3, 0.4) is 0 Å². The van der Waals surface area contributed by atoms with Gasteiger partial charge < -0.3 is 10.3 Å². The van der Waals surface area contributed by atoms with Crippen LogP contribution in [0.2, 0.25) is 0 Å². The number of hydrogen-bond acceptors (Lipinski definition) is 2. The number of aromatic nitrogens is 2. The Labute approximate surface area is 79.0 Å². The van der Waals surface area contributed by atoms with E-state index in [1.54, 1.807) is 0 Å². The van der Waals surface area contributed by atoms with Crippen molar-refractivity contribution in [3.8, 4) is 0 Å². The van der Waals surface area contributed by atoms with Crippen LogP contribution in [0.1, 0.15) is 25.5 Å². The Hall–Kier alpha value is -0.830. The van der Waals surface area contributed by atoms with Crippen LogP contribution in [-0.2, 0) is 7.05 Å². The molecule has 0 amide bonds. The van der Waals surface area contributed by atoms with Crippen LogP contribution in [-0.4, -0.2) is 16.1 Å². The van der Waals surface area contributed by atoms with Gasteiger partial charge in [0.15, 0.2) is 0 Å². The summed E-state index contributed by atoms with van der Waals surface area (Å²) in [5, 5.41) is 0. The Morgan fingerprint density at radius 3 is 2.69 bits per heavy atom. The molecule has 0 unspecified atom stereocenters. The zero-order valence-electron chi connectivity index (χ0n) is 8.49. The summed E-state index contributed by atoms with van der Waals surface area (Å²) in [7, 11) is 2.05. The predicted molar refractivity (Wildman–Crippen MR) is 52.3 cm³/mol. The first kappa shape index (κ1) is 8.75. The van der Waals surface area contributed by atoms with E-state index in [0.29, 0.717) is 17.3 Å². The van der Waals surface area contributed by atoms with E-state index in [4.69, 9.17) is 5.73 Å². The lowest BCUT2D eigenvalue weighted by atomic mass is 10.1. The average molecular weight is 179 g/mol. The maximum absolute atomic E-state index is 5.73. The van der Waals surface area contributed by atoms with Crippen molar-refractivity contribution in [1.82, 2.24) is 9.55 Å². The molecule has 3 heteroatoms. The van der Waals surface area contributed by atoms with Crippen molar-refractivity contribution in [3.63, 3.8) is 0 Å². The van der Waals surface area contributed by atoms with E-state index in [1.807, 2.05) is 19.6 Å². The molecule has 1 aromatic heterocycles. The summed E-state index contributed by atoms with van der Waals surface area (Å²) in [4.78, 5) is 4.14. The van der Waals surface area contributed by atoms with Gasteiger partial charge in [0.05, 0.1) is 6.33 Å². The van der Waals surface area contributed by atoms with Gasteiger partial charge in [0.2, 0.25) is 0 Å². The molecular weight excluding hydrogens is 162 g/mol. The fourth-order valence-corrected chi connectivity index (χ4v) is 2.44. The highest BCUT2D eigenvalue weighted by molar-refractivity contribution is 5.25. The molecule has 0 bridgehead atoms. The van der Waals surface area contributed by atoms with Gasteiger partial charge in [-0.3, -0.25) is 0 Å². The van der Waals surface area contributed by atoms with Crippen LogP contribution in [0.5, 0.6) is 0 Å². The highest BCUT2D eigenvalue weighted by Gasteiger charge is 2.58. The first-order chi connectivity index (χ1) is 6.09. The molecule has 1 heterocycles. The van der Waals surface area contributed by atoms with Crippen molar-refractivity contribution < 1.29 is 0 Å². The molecule has 2 atom stereocenters. The van der Waals surface area contributed by atoms with E-state index >= 15 is 0 Å². The van der Waals surface area contributed by atoms with Gasteiger partial charge in [-0.25, -0.2) is 4.98 Å². The van der Waals surface area contributed by atoms with Gasteiger partial charge in [0.1, 0.15) is 0 Å². The zero-order valence-corrected chi connectivity index (χ0v) is 8.49. The molecule has 1 aliphatic carbocycles. The average Bonchev–Trinajstić information content (AvgIpc) is 2.41. The fourth-order valence-electron chi connectivity index (χ4n) is 2.44. The molecule has 0 saturated heterocycles. The smallest absolute Gasteiger partial charge is 0.0945 e. The summed E-state index contributed by atoms with van der Waals surface area (Å²) in [6, 6.07) is 0. The molecule has 0 spiro atoms. The summed E-state index contributed by atoms with van der Waals surface area (Å²) in [6.07, 6.45) is 3.82. The van der Waals surface area contributed by atoms with Crippen LogP contribution in [0.25, 0.3) is 0 Å². The van der Waals surface area contributed by atoms with Gasteiger partial charge in [-0.2, -0.15) is 0 Å². The quantitative estimate of drug-likeness (QED) is 0.739. The third-order valence-corrected chi connectivity index (χ3v) is 3.48. The topological polar surface area (TPSA) is 43.8 Å². The van der Waals surface area contributed by atoms with Gasteiger partial charge in [-0.1, -0.05) is 13.8 Å². The predicted octanol–water partition coefficient (Wildman–Crippen LogP) is 1.12. The molecular formula is C10H17N3. The van der Waals surface area contributed by atoms with Gasteiger partial charge in [0, 0.05) is 24.9 Å². The fraction of sp³-hybridized carbons (Fsp3) is 0.700. The van der Waals surface area contributed by atoms with Crippen LogP contribution in [0, 0.1) is 11.3 Å². The molecule has 2 N–H and O–H groups in total. The summed E-state index contributed by atoms with van der Waals surface area (Å²) in [6.45, 7) is 5.34. The Morgan fingerprint density at radius 2 is 2.31 bits per heavy atom. The lowest BCUT2D eigenvalue weighted by Crippen LogP contribution is -2.05. The molecule has 0 radical (unpaired) electrons. The highest BCUT2D eigenvalue weighted by atomic mass is 15.0. The molecule has 1 fully saturated rings. The SMILES string of the molecule is Cn1cncc1[C@H]1[C@H](CN)C1(C)C. The van der Waals surface area contributed by atoms with E-state index in [1.165, 1.54) is 5.69 Å². The summed E-state index contributed by atoms with van der Waals surface area (Å²) in [5.74, 6) is 1.23. The first-order valence-corrected chi connectivity index (χ1v) is 4.75. The van der Waals surface area contributed by atoms with Gasteiger partial charge in [-0.05, 0) is 17.9 Å².